The normalized spacial score (nSPS) is 21.7. The van der Waals surface area contributed by atoms with Crippen molar-refractivity contribution in [2.24, 2.45) is 5.92 Å². The standard InChI is InChI=1S/C20H12F6N2O2/c21-19(22,23)11-5-1-9(2-6-11)15-13-14(18(30)27-15)16(28-17(13)29)10-3-7-12(8-4-10)20(24,25)26/h1-7,12H,8H2,(H,27,30)(H,28,29). The molecule has 0 aromatic heterocycles. The van der Waals surface area contributed by atoms with Crippen LogP contribution in [0.2, 0.25) is 0 Å². The molecule has 0 bridgehead atoms. The number of benzene rings is 1. The summed E-state index contributed by atoms with van der Waals surface area (Å²) in [6.07, 6.45) is -5.84. The molecule has 0 fully saturated rings. The van der Waals surface area contributed by atoms with E-state index in [-0.39, 0.29) is 40.1 Å². The van der Waals surface area contributed by atoms with Crippen molar-refractivity contribution < 1.29 is 35.9 Å². The summed E-state index contributed by atoms with van der Waals surface area (Å²) < 4.78 is 76.7. The summed E-state index contributed by atoms with van der Waals surface area (Å²) in [7, 11) is 0. The van der Waals surface area contributed by atoms with Gasteiger partial charge < -0.3 is 10.6 Å². The molecule has 3 aliphatic rings. The van der Waals surface area contributed by atoms with Crippen molar-refractivity contribution in [1.82, 2.24) is 10.6 Å². The number of hydrogen-bond acceptors (Lipinski definition) is 2. The highest BCUT2D eigenvalue weighted by Gasteiger charge is 2.43. The molecule has 1 aromatic rings. The van der Waals surface area contributed by atoms with Crippen LogP contribution in [0.15, 0.2) is 64.9 Å². The first-order valence-electron chi connectivity index (χ1n) is 8.71. The van der Waals surface area contributed by atoms with E-state index in [1.165, 1.54) is 12.2 Å². The molecular weight excluding hydrogens is 414 g/mol. The highest BCUT2D eigenvalue weighted by atomic mass is 19.4. The maximum absolute atomic E-state index is 12.8. The second kappa shape index (κ2) is 6.61. The van der Waals surface area contributed by atoms with Gasteiger partial charge in [-0.15, -0.1) is 0 Å². The van der Waals surface area contributed by atoms with Gasteiger partial charge in [0.05, 0.1) is 34.0 Å². The Kier molecular flexibility index (Phi) is 4.41. The van der Waals surface area contributed by atoms with Crippen LogP contribution in [0.4, 0.5) is 26.3 Å². The minimum absolute atomic E-state index is 0.0451. The van der Waals surface area contributed by atoms with Gasteiger partial charge in [0, 0.05) is 0 Å². The Morgan fingerprint density at radius 3 is 1.90 bits per heavy atom. The molecule has 1 atom stereocenters. The molecule has 0 spiro atoms. The molecule has 4 nitrogen and oxygen atoms in total. The van der Waals surface area contributed by atoms with Crippen LogP contribution < -0.4 is 10.6 Å². The lowest BCUT2D eigenvalue weighted by atomic mass is 9.93. The van der Waals surface area contributed by atoms with Gasteiger partial charge in [0.2, 0.25) is 0 Å². The third-order valence-electron chi connectivity index (χ3n) is 4.99. The fourth-order valence-electron chi connectivity index (χ4n) is 3.49. The van der Waals surface area contributed by atoms with Gasteiger partial charge in [-0.2, -0.15) is 26.3 Å². The minimum Gasteiger partial charge on any atom is -0.321 e. The zero-order chi connectivity index (χ0) is 21.8. The first kappa shape index (κ1) is 20.0. The van der Waals surface area contributed by atoms with Crippen molar-refractivity contribution in [2.45, 2.75) is 18.8 Å². The Hall–Kier alpha value is -3.30. The van der Waals surface area contributed by atoms with Crippen molar-refractivity contribution in [3.63, 3.8) is 0 Å². The van der Waals surface area contributed by atoms with E-state index < -0.39 is 35.6 Å². The second-order valence-corrected chi connectivity index (χ2v) is 6.89. The molecule has 1 aliphatic carbocycles. The van der Waals surface area contributed by atoms with Crippen LogP contribution >= 0.6 is 0 Å². The lowest BCUT2D eigenvalue weighted by Crippen LogP contribution is -2.25. The number of amides is 2. The fourth-order valence-corrected chi connectivity index (χ4v) is 3.49. The van der Waals surface area contributed by atoms with Crippen LogP contribution in [-0.2, 0) is 15.8 Å². The minimum atomic E-state index is -4.54. The molecule has 2 N–H and O–H groups in total. The molecule has 1 aromatic carbocycles. The zero-order valence-electron chi connectivity index (χ0n) is 14.9. The highest BCUT2D eigenvalue weighted by molar-refractivity contribution is 6.26. The van der Waals surface area contributed by atoms with E-state index in [4.69, 9.17) is 0 Å². The largest absolute Gasteiger partial charge is 0.416 e. The molecule has 1 unspecified atom stereocenters. The number of rotatable bonds is 2. The number of fused-ring (bicyclic) bond motifs is 1. The summed E-state index contributed by atoms with van der Waals surface area (Å²) >= 11 is 0. The number of hydrogen-bond donors (Lipinski definition) is 2. The Morgan fingerprint density at radius 1 is 0.833 bits per heavy atom. The van der Waals surface area contributed by atoms with Crippen molar-refractivity contribution in [3.8, 4) is 0 Å². The van der Waals surface area contributed by atoms with E-state index in [1.807, 2.05) is 0 Å². The lowest BCUT2D eigenvalue weighted by Gasteiger charge is -2.19. The second-order valence-electron chi connectivity index (χ2n) is 6.89. The molecule has 30 heavy (non-hydrogen) atoms. The summed E-state index contributed by atoms with van der Waals surface area (Å²) in [6, 6.07) is 3.92. The van der Waals surface area contributed by atoms with Gasteiger partial charge >= 0.3 is 12.4 Å². The van der Waals surface area contributed by atoms with Crippen LogP contribution in [-0.4, -0.2) is 18.0 Å². The Bertz CT molecular complexity index is 1070. The Labute approximate surface area is 165 Å². The van der Waals surface area contributed by atoms with Gasteiger partial charge in [-0.05, 0) is 29.7 Å². The number of carbonyl (C=O) groups is 2. The molecule has 0 radical (unpaired) electrons. The number of allylic oxidation sites excluding steroid dienone is 3. The molecule has 0 saturated carbocycles. The maximum Gasteiger partial charge on any atom is 0.416 e. The summed E-state index contributed by atoms with van der Waals surface area (Å²) in [6.45, 7) is 0. The first-order chi connectivity index (χ1) is 14.0. The average Bonchev–Trinajstić information content (AvgIpc) is 3.19. The average molecular weight is 426 g/mol. The van der Waals surface area contributed by atoms with E-state index in [0.29, 0.717) is 0 Å². The molecule has 156 valence electrons. The van der Waals surface area contributed by atoms with E-state index >= 15 is 0 Å². The van der Waals surface area contributed by atoms with Gasteiger partial charge in [-0.25, -0.2) is 0 Å². The smallest absolute Gasteiger partial charge is 0.321 e. The number of halogens is 6. The van der Waals surface area contributed by atoms with Crippen molar-refractivity contribution in [1.29, 1.82) is 0 Å². The highest BCUT2D eigenvalue weighted by Crippen LogP contribution is 2.40. The first-order valence-corrected chi connectivity index (χ1v) is 8.71. The summed E-state index contributed by atoms with van der Waals surface area (Å²) in [4.78, 5) is 24.9. The monoisotopic (exact) mass is 426 g/mol. The number of carbonyl (C=O) groups excluding carboxylic acids is 2. The van der Waals surface area contributed by atoms with Crippen molar-refractivity contribution >= 4 is 17.5 Å². The van der Waals surface area contributed by atoms with Crippen LogP contribution in [0.25, 0.3) is 5.70 Å². The molecule has 2 amide bonds. The van der Waals surface area contributed by atoms with E-state index in [1.54, 1.807) is 0 Å². The van der Waals surface area contributed by atoms with Gasteiger partial charge in [0.1, 0.15) is 0 Å². The SMILES string of the molecule is O=C1NC(c2ccc(C(F)(F)F)cc2)=C2C(=O)NC(C3=CCC(C(F)(F)F)C=C3)=C12. The number of nitrogens with one attached hydrogen (secondary N) is 2. The fraction of sp³-hybridized carbons (Fsp3) is 0.200. The van der Waals surface area contributed by atoms with Gasteiger partial charge in [0.15, 0.2) is 0 Å². The van der Waals surface area contributed by atoms with Crippen LogP contribution in [0.1, 0.15) is 17.5 Å². The van der Waals surface area contributed by atoms with E-state index in [0.717, 1.165) is 30.3 Å². The van der Waals surface area contributed by atoms with E-state index in [2.05, 4.69) is 10.6 Å². The molecule has 4 rings (SSSR count). The van der Waals surface area contributed by atoms with Crippen LogP contribution in [0, 0.1) is 5.92 Å². The topological polar surface area (TPSA) is 58.2 Å². The predicted octanol–water partition coefficient (Wildman–Crippen LogP) is 4.00. The molecule has 2 aliphatic heterocycles. The quantitative estimate of drug-likeness (QED) is 0.703. The van der Waals surface area contributed by atoms with Crippen molar-refractivity contribution in [2.75, 3.05) is 0 Å². The van der Waals surface area contributed by atoms with Crippen molar-refractivity contribution in [3.05, 3.63) is 76.0 Å². The summed E-state index contributed by atoms with van der Waals surface area (Å²) in [5, 5.41) is 4.96. The zero-order valence-corrected chi connectivity index (χ0v) is 14.9. The third kappa shape index (κ3) is 3.31. The predicted molar refractivity (Wildman–Crippen MR) is 93.1 cm³/mol. The van der Waals surface area contributed by atoms with Gasteiger partial charge in [-0.1, -0.05) is 30.4 Å². The van der Waals surface area contributed by atoms with Gasteiger partial charge in [0.25, 0.3) is 11.8 Å². The Morgan fingerprint density at radius 2 is 1.40 bits per heavy atom. The molecule has 2 heterocycles. The van der Waals surface area contributed by atoms with Crippen LogP contribution in [0.3, 0.4) is 0 Å². The Balaban J connectivity index is 1.71. The maximum atomic E-state index is 12.8. The summed E-state index contributed by atoms with van der Waals surface area (Å²) in [5.41, 5.74) is -0.403. The molecular formula is C20H12F6N2O2. The number of alkyl halides is 6. The summed E-state index contributed by atoms with van der Waals surface area (Å²) in [5.74, 6) is -2.99. The lowest BCUT2D eigenvalue weighted by molar-refractivity contribution is -0.160. The molecule has 0 saturated heterocycles. The van der Waals surface area contributed by atoms with Gasteiger partial charge in [-0.3, -0.25) is 9.59 Å². The van der Waals surface area contributed by atoms with Crippen LogP contribution in [0.5, 0.6) is 0 Å². The molecule has 10 heteroatoms. The van der Waals surface area contributed by atoms with E-state index in [9.17, 15) is 35.9 Å². The third-order valence-corrected chi connectivity index (χ3v) is 4.99.